The van der Waals surface area contributed by atoms with E-state index < -0.39 is 76.6 Å². The second-order valence-electron chi connectivity index (χ2n) is 11.8. The fraction of sp³-hybridized carbons (Fsp3) is 0.158. The first-order chi connectivity index (χ1) is 23.9. The number of hydrogen-bond donors (Lipinski definition) is 0. The number of rotatable bonds is 12. The van der Waals surface area contributed by atoms with E-state index in [0.717, 1.165) is 23.1 Å². The van der Waals surface area contributed by atoms with Gasteiger partial charge >= 0.3 is 11.9 Å². The molecule has 5 aromatic carbocycles. The molecule has 2 amide bonds. The molecule has 0 N–H and O–H groups in total. The van der Waals surface area contributed by atoms with Crippen molar-refractivity contribution in [1.82, 2.24) is 4.90 Å². The lowest BCUT2D eigenvalue weighted by atomic mass is 10.0. The predicted molar refractivity (Wildman–Crippen MR) is 183 cm³/mol. The number of hydrogen-bond acceptors (Lipinski definition) is 10. The number of imide groups is 1. The Kier molecular flexibility index (Phi) is 9.38. The molecule has 12 heteroatoms. The Morgan fingerprint density at radius 2 is 1.18 bits per heavy atom. The Morgan fingerprint density at radius 1 is 0.660 bits per heavy atom. The van der Waals surface area contributed by atoms with Gasteiger partial charge in [-0.2, -0.15) is 0 Å². The van der Waals surface area contributed by atoms with Gasteiger partial charge in [-0.1, -0.05) is 84.9 Å². The Morgan fingerprint density at radius 3 is 1.76 bits per heavy atom. The molecule has 252 valence electrons. The summed E-state index contributed by atoms with van der Waals surface area (Å²) in [4.78, 5) is 80.0. The maximum absolute atomic E-state index is 13.6. The Hall–Kier alpha value is -6.01. The molecular weight excluding hydrogens is 662 g/mol. The molecule has 1 aliphatic heterocycles. The third kappa shape index (κ3) is 6.92. The molecule has 50 heavy (non-hydrogen) atoms. The molecule has 1 heterocycles. The first-order valence-corrected chi connectivity index (χ1v) is 17.5. The van der Waals surface area contributed by atoms with Crippen LogP contribution in [-0.2, 0) is 24.1 Å². The largest absolute Gasteiger partial charge is 0.456 e. The van der Waals surface area contributed by atoms with Gasteiger partial charge in [0.05, 0.1) is 22.4 Å². The molecule has 1 atom stereocenters. The highest BCUT2D eigenvalue weighted by molar-refractivity contribution is 7.90. The molecule has 0 radical (unpaired) electrons. The normalized spacial score (nSPS) is 13.3. The van der Waals surface area contributed by atoms with Gasteiger partial charge in [0.25, 0.3) is 11.8 Å². The summed E-state index contributed by atoms with van der Waals surface area (Å²) in [5.74, 6) is -5.52. The predicted octanol–water partition coefficient (Wildman–Crippen LogP) is 4.86. The van der Waals surface area contributed by atoms with E-state index in [1.54, 1.807) is 48.5 Å². The van der Waals surface area contributed by atoms with Gasteiger partial charge in [-0.25, -0.2) is 18.0 Å². The van der Waals surface area contributed by atoms with Gasteiger partial charge in [0.2, 0.25) is 11.6 Å². The summed E-state index contributed by atoms with van der Waals surface area (Å²) in [5, 5.41) is 2.96. The topological polar surface area (TPSA) is 158 Å². The van der Waals surface area contributed by atoms with Gasteiger partial charge in [0, 0.05) is 17.4 Å². The lowest BCUT2D eigenvalue weighted by Crippen LogP contribution is -2.46. The van der Waals surface area contributed by atoms with Gasteiger partial charge < -0.3 is 9.47 Å². The van der Waals surface area contributed by atoms with Crippen LogP contribution in [0.3, 0.4) is 0 Å². The number of fused-ring (bicyclic) bond motifs is 3. The van der Waals surface area contributed by atoms with E-state index >= 15 is 0 Å². The summed E-state index contributed by atoms with van der Waals surface area (Å²) >= 11 is 0. The number of Topliss-reactive ketones (excluding diaryl/α,β-unsaturated/α-hetero) is 2. The summed E-state index contributed by atoms with van der Waals surface area (Å²) in [7, 11) is -3.66. The van der Waals surface area contributed by atoms with Crippen molar-refractivity contribution >= 4 is 66.7 Å². The molecule has 0 bridgehead atoms. The van der Waals surface area contributed by atoms with Crippen molar-refractivity contribution in [2.24, 2.45) is 0 Å². The molecule has 0 spiro atoms. The van der Waals surface area contributed by atoms with Gasteiger partial charge in [-0.05, 0) is 46.2 Å². The highest BCUT2D eigenvalue weighted by atomic mass is 32.2. The van der Waals surface area contributed by atoms with E-state index in [-0.39, 0.29) is 16.7 Å². The third-order valence-electron chi connectivity index (χ3n) is 8.36. The van der Waals surface area contributed by atoms with Crippen LogP contribution in [0.5, 0.6) is 0 Å². The highest BCUT2D eigenvalue weighted by Crippen LogP contribution is 2.28. The van der Waals surface area contributed by atoms with Crippen LogP contribution < -0.4 is 0 Å². The van der Waals surface area contributed by atoms with Crippen LogP contribution in [0.2, 0.25) is 0 Å². The summed E-state index contributed by atoms with van der Waals surface area (Å²) in [6, 6.07) is 26.5. The van der Waals surface area contributed by atoms with Crippen LogP contribution in [0.15, 0.2) is 103 Å². The maximum Gasteiger partial charge on any atom is 0.338 e. The molecule has 0 unspecified atom stereocenters. The SMILES string of the molecule is CS(=O)(=O)CC[C@H](C(=O)OCC(=O)c1cccc2ccccc12)N1C(=O)c2ccc(C(=O)OCC(=O)c3cccc4ccccc34)cc2C1=O. The molecular formula is C38H29NO10S. The van der Waals surface area contributed by atoms with E-state index in [2.05, 4.69) is 0 Å². The number of ketones is 2. The summed E-state index contributed by atoms with van der Waals surface area (Å²) < 4.78 is 34.6. The smallest absolute Gasteiger partial charge is 0.338 e. The number of sulfone groups is 1. The van der Waals surface area contributed by atoms with Crippen molar-refractivity contribution in [2.75, 3.05) is 25.2 Å². The first kappa shape index (κ1) is 33.9. The summed E-state index contributed by atoms with van der Waals surface area (Å²) in [5.41, 5.74) is 0.166. The zero-order valence-electron chi connectivity index (χ0n) is 26.7. The summed E-state index contributed by atoms with van der Waals surface area (Å²) in [6.45, 7) is -1.31. The van der Waals surface area contributed by atoms with Crippen molar-refractivity contribution in [3.63, 3.8) is 0 Å². The second kappa shape index (κ2) is 13.8. The lowest BCUT2D eigenvalue weighted by Gasteiger charge is -2.24. The number of ether oxygens (including phenoxy) is 2. The van der Waals surface area contributed by atoms with Crippen LogP contribution in [0.1, 0.15) is 58.2 Å². The van der Waals surface area contributed by atoms with E-state index in [1.165, 1.54) is 12.1 Å². The minimum atomic E-state index is -3.66. The zero-order valence-corrected chi connectivity index (χ0v) is 27.5. The zero-order chi connectivity index (χ0) is 35.6. The standard InChI is InChI=1S/C38H29NO10S/c1-50(46,47)19-18-32(38(45)49-22-34(41)29-15-7-11-24-9-3-5-13-27(24)29)39-35(42)30-17-16-25(20-31(30)36(39)43)37(44)48-21-33(40)28-14-6-10-23-8-2-4-12-26(23)28/h2-17,20,32H,18-19,21-22H2,1H3/t32-/m1/s1. The van der Waals surface area contributed by atoms with E-state index in [1.807, 2.05) is 36.4 Å². The van der Waals surface area contributed by atoms with Gasteiger partial charge in [-0.3, -0.25) is 24.1 Å². The lowest BCUT2D eigenvalue weighted by molar-refractivity contribution is -0.147. The maximum atomic E-state index is 13.6. The number of amides is 2. The number of carbonyl (C=O) groups excluding carboxylic acids is 6. The average molecular weight is 692 g/mol. The average Bonchev–Trinajstić information content (AvgIpc) is 3.36. The summed E-state index contributed by atoms with van der Waals surface area (Å²) in [6.07, 6.45) is 0.446. The van der Waals surface area contributed by atoms with Gasteiger partial charge in [-0.15, -0.1) is 0 Å². The molecule has 6 rings (SSSR count). The van der Waals surface area contributed by atoms with Crippen molar-refractivity contribution < 1.29 is 46.7 Å². The van der Waals surface area contributed by atoms with Crippen LogP contribution in [-0.4, -0.2) is 79.9 Å². The molecule has 11 nitrogen and oxygen atoms in total. The molecule has 0 fully saturated rings. The first-order valence-electron chi connectivity index (χ1n) is 15.5. The van der Waals surface area contributed by atoms with Crippen LogP contribution in [0.25, 0.3) is 21.5 Å². The van der Waals surface area contributed by atoms with E-state index in [9.17, 15) is 37.2 Å². The van der Waals surface area contributed by atoms with Crippen molar-refractivity contribution in [3.8, 4) is 0 Å². The van der Waals surface area contributed by atoms with E-state index in [0.29, 0.717) is 26.8 Å². The fourth-order valence-corrected chi connectivity index (χ4v) is 6.54. The van der Waals surface area contributed by atoms with Gasteiger partial charge in [0.15, 0.2) is 13.2 Å². The molecule has 0 saturated heterocycles. The Balaban J connectivity index is 1.18. The fourth-order valence-electron chi connectivity index (χ4n) is 5.89. The molecule has 0 saturated carbocycles. The van der Waals surface area contributed by atoms with Crippen molar-refractivity contribution in [3.05, 3.63) is 131 Å². The Labute approximate surface area is 286 Å². The quantitative estimate of drug-likeness (QED) is 0.101. The molecule has 0 aromatic heterocycles. The molecule has 0 aliphatic carbocycles. The van der Waals surface area contributed by atoms with E-state index in [4.69, 9.17) is 9.47 Å². The number of esters is 2. The number of carbonyl (C=O) groups is 6. The molecule has 5 aromatic rings. The van der Waals surface area contributed by atoms with Crippen LogP contribution >= 0.6 is 0 Å². The van der Waals surface area contributed by atoms with Crippen molar-refractivity contribution in [1.29, 1.82) is 0 Å². The van der Waals surface area contributed by atoms with Crippen LogP contribution in [0, 0.1) is 0 Å². The number of nitrogens with zero attached hydrogens (tertiary/aromatic N) is 1. The minimum absolute atomic E-state index is 0.131. The minimum Gasteiger partial charge on any atom is -0.456 e. The second-order valence-corrected chi connectivity index (χ2v) is 14.0. The highest BCUT2D eigenvalue weighted by Gasteiger charge is 2.44. The monoisotopic (exact) mass is 691 g/mol. The Bertz CT molecular complexity index is 2340. The number of benzene rings is 5. The third-order valence-corrected chi connectivity index (χ3v) is 9.34. The molecule has 1 aliphatic rings. The van der Waals surface area contributed by atoms with Crippen molar-refractivity contribution in [2.45, 2.75) is 12.5 Å². The van der Waals surface area contributed by atoms with Gasteiger partial charge in [0.1, 0.15) is 15.9 Å². The van der Waals surface area contributed by atoms with Crippen LogP contribution in [0.4, 0.5) is 0 Å².